The summed E-state index contributed by atoms with van der Waals surface area (Å²) in [5, 5.41) is 12.5. The highest BCUT2D eigenvalue weighted by molar-refractivity contribution is 5.46. The predicted octanol–water partition coefficient (Wildman–Crippen LogP) is 2.15. The number of hydrogen-bond donors (Lipinski definition) is 3. The van der Waals surface area contributed by atoms with Gasteiger partial charge in [-0.2, -0.15) is 0 Å². The second-order valence-corrected chi connectivity index (χ2v) is 5.20. The van der Waals surface area contributed by atoms with Crippen LogP contribution in [-0.2, 0) is 0 Å². The highest BCUT2D eigenvalue weighted by Crippen LogP contribution is 2.22. The first-order chi connectivity index (χ1) is 8.40. The van der Waals surface area contributed by atoms with Gasteiger partial charge in [0.2, 0.25) is 0 Å². The first-order valence-electron chi connectivity index (χ1n) is 6.43. The summed E-state index contributed by atoms with van der Waals surface area (Å²) in [6, 6.07) is 1.73. The summed E-state index contributed by atoms with van der Waals surface area (Å²) in [4.78, 5) is 8.68. The van der Waals surface area contributed by atoms with Gasteiger partial charge in [0.05, 0.1) is 0 Å². The molecule has 1 unspecified atom stereocenters. The molecule has 1 aromatic heterocycles. The van der Waals surface area contributed by atoms with E-state index in [9.17, 15) is 0 Å². The molecule has 1 atom stereocenters. The molecule has 0 fully saturated rings. The van der Waals surface area contributed by atoms with Crippen molar-refractivity contribution in [3.63, 3.8) is 0 Å². The second-order valence-electron chi connectivity index (χ2n) is 5.20. The van der Waals surface area contributed by atoms with Gasteiger partial charge in [0, 0.05) is 24.1 Å². The van der Waals surface area contributed by atoms with E-state index >= 15 is 0 Å². The highest BCUT2D eigenvalue weighted by atomic mass is 16.3. The van der Waals surface area contributed by atoms with Gasteiger partial charge in [-0.3, -0.25) is 0 Å². The molecule has 1 heterocycles. The molecular weight excluding hydrogens is 228 g/mol. The van der Waals surface area contributed by atoms with Gasteiger partial charge in [0.1, 0.15) is 17.5 Å². The van der Waals surface area contributed by atoms with Gasteiger partial charge in [0.15, 0.2) is 0 Å². The average molecular weight is 252 g/mol. The van der Waals surface area contributed by atoms with Crippen LogP contribution in [0.4, 0.5) is 11.6 Å². The molecule has 5 heteroatoms. The smallest absolute Gasteiger partial charge is 0.135 e. The Morgan fingerprint density at radius 2 is 2.11 bits per heavy atom. The van der Waals surface area contributed by atoms with Crippen LogP contribution in [0, 0.1) is 0 Å². The minimum absolute atomic E-state index is 0.148. The molecule has 0 spiro atoms. The van der Waals surface area contributed by atoms with Crippen molar-refractivity contribution in [2.45, 2.75) is 52.0 Å². The van der Waals surface area contributed by atoms with Crippen molar-refractivity contribution in [3.05, 3.63) is 11.9 Å². The number of hydrogen-bond acceptors (Lipinski definition) is 5. The molecule has 0 bridgehead atoms. The third kappa shape index (κ3) is 3.84. The molecular formula is C13H24N4O. The Hall–Kier alpha value is -1.36. The van der Waals surface area contributed by atoms with Gasteiger partial charge < -0.3 is 16.2 Å². The largest absolute Gasteiger partial charge is 0.396 e. The van der Waals surface area contributed by atoms with Crippen molar-refractivity contribution in [2.24, 2.45) is 0 Å². The molecule has 0 saturated heterocycles. The lowest BCUT2D eigenvalue weighted by atomic mass is 9.95. The van der Waals surface area contributed by atoms with E-state index < -0.39 is 0 Å². The standard InChI is InChI=1S/C13H24N4O/c1-5-13(4,6-7-18)17-11-8-10(14)15-12(16-11)9(2)3/h8-9,18H,5-7H2,1-4H3,(H3,14,15,16,17). The molecule has 0 aliphatic heterocycles. The number of nitrogens with zero attached hydrogens (tertiary/aromatic N) is 2. The van der Waals surface area contributed by atoms with E-state index in [4.69, 9.17) is 10.8 Å². The van der Waals surface area contributed by atoms with Crippen LogP contribution in [-0.4, -0.2) is 27.2 Å². The summed E-state index contributed by atoms with van der Waals surface area (Å²) in [5.74, 6) is 2.17. The van der Waals surface area contributed by atoms with Crippen LogP contribution in [0.1, 0.15) is 52.3 Å². The topological polar surface area (TPSA) is 84.1 Å². The normalized spacial score (nSPS) is 14.6. The van der Waals surface area contributed by atoms with Gasteiger partial charge >= 0.3 is 0 Å². The first kappa shape index (κ1) is 14.7. The quantitative estimate of drug-likeness (QED) is 0.722. The number of nitrogen functional groups attached to an aromatic ring is 1. The van der Waals surface area contributed by atoms with Crippen molar-refractivity contribution >= 4 is 11.6 Å². The zero-order valence-electron chi connectivity index (χ0n) is 11.7. The van der Waals surface area contributed by atoms with Crippen LogP contribution in [0.5, 0.6) is 0 Å². The van der Waals surface area contributed by atoms with Crippen molar-refractivity contribution in [1.82, 2.24) is 9.97 Å². The number of rotatable bonds is 6. The second kappa shape index (κ2) is 6.00. The van der Waals surface area contributed by atoms with E-state index in [0.29, 0.717) is 12.2 Å². The number of aliphatic hydroxyl groups excluding tert-OH is 1. The summed E-state index contributed by atoms with van der Waals surface area (Å²) in [5.41, 5.74) is 5.61. The molecule has 0 aliphatic rings. The molecule has 4 N–H and O–H groups in total. The third-order valence-electron chi connectivity index (χ3n) is 3.15. The number of aromatic nitrogens is 2. The average Bonchev–Trinajstić information content (AvgIpc) is 2.28. The van der Waals surface area contributed by atoms with E-state index in [1.54, 1.807) is 6.07 Å². The molecule has 0 amide bonds. The number of anilines is 2. The van der Waals surface area contributed by atoms with Crippen molar-refractivity contribution < 1.29 is 5.11 Å². The van der Waals surface area contributed by atoms with Crippen LogP contribution in [0.2, 0.25) is 0 Å². The lowest BCUT2D eigenvalue weighted by Gasteiger charge is -2.29. The number of nitrogens with two attached hydrogens (primary N) is 1. The Kier molecular flexibility index (Phi) is 4.90. The molecule has 0 aromatic carbocycles. The molecule has 0 saturated carbocycles. The summed E-state index contributed by atoms with van der Waals surface area (Å²) in [7, 11) is 0. The summed E-state index contributed by atoms with van der Waals surface area (Å²) in [6.07, 6.45) is 1.57. The Morgan fingerprint density at radius 3 is 2.61 bits per heavy atom. The lowest BCUT2D eigenvalue weighted by molar-refractivity contribution is 0.252. The van der Waals surface area contributed by atoms with E-state index in [1.807, 2.05) is 13.8 Å². The van der Waals surface area contributed by atoms with Gasteiger partial charge in [-0.05, 0) is 19.8 Å². The Bertz CT molecular complexity index is 395. The van der Waals surface area contributed by atoms with E-state index in [2.05, 4.69) is 29.1 Å². The number of nitrogens with one attached hydrogen (secondary N) is 1. The summed E-state index contributed by atoms with van der Waals surface area (Å²) >= 11 is 0. The molecule has 18 heavy (non-hydrogen) atoms. The SMILES string of the molecule is CCC(C)(CCO)Nc1cc(N)nc(C(C)C)n1. The third-order valence-corrected chi connectivity index (χ3v) is 3.15. The Morgan fingerprint density at radius 1 is 1.44 bits per heavy atom. The van der Waals surface area contributed by atoms with Crippen molar-refractivity contribution in [1.29, 1.82) is 0 Å². The van der Waals surface area contributed by atoms with Crippen LogP contribution in [0.15, 0.2) is 6.07 Å². The van der Waals surface area contributed by atoms with E-state index in [1.165, 1.54) is 0 Å². The van der Waals surface area contributed by atoms with Crippen LogP contribution in [0.3, 0.4) is 0 Å². The lowest BCUT2D eigenvalue weighted by Crippen LogP contribution is -2.35. The molecule has 102 valence electrons. The maximum absolute atomic E-state index is 9.11. The van der Waals surface area contributed by atoms with E-state index in [-0.39, 0.29) is 18.1 Å². The van der Waals surface area contributed by atoms with Crippen molar-refractivity contribution in [3.8, 4) is 0 Å². The fourth-order valence-electron chi connectivity index (χ4n) is 1.69. The van der Waals surface area contributed by atoms with Gasteiger partial charge in [-0.1, -0.05) is 20.8 Å². The highest BCUT2D eigenvalue weighted by Gasteiger charge is 2.22. The van der Waals surface area contributed by atoms with Gasteiger partial charge in [-0.25, -0.2) is 9.97 Å². The Balaban J connectivity index is 2.96. The molecule has 1 aromatic rings. The molecule has 0 radical (unpaired) electrons. The van der Waals surface area contributed by atoms with E-state index in [0.717, 1.165) is 18.1 Å². The fourth-order valence-corrected chi connectivity index (χ4v) is 1.69. The zero-order chi connectivity index (χ0) is 13.8. The first-order valence-corrected chi connectivity index (χ1v) is 6.43. The fraction of sp³-hybridized carbons (Fsp3) is 0.692. The minimum Gasteiger partial charge on any atom is -0.396 e. The molecule has 5 nitrogen and oxygen atoms in total. The summed E-state index contributed by atoms with van der Waals surface area (Å²) in [6.45, 7) is 8.36. The maximum Gasteiger partial charge on any atom is 0.135 e. The number of aliphatic hydroxyl groups is 1. The summed E-state index contributed by atoms with van der Waals surface area (Å²) < 4.78 is 0. The minimum atomic E-state index is -0.177. The monoisotopic (exact) mass is 252 g/mol. The van der Waals surface area contributed by atoms with Crippen molar-refractivity contribution in [2.75, 3.05) is 17.7 Å². The maximum atomic E-state index is 9.11. The Labute approximate surface area is 109 Å². The van der Waals surface area contributed by atoms with Crippen LogP contribution < -0.4 is 11.1 Å². The van der Waals surface area contributed by atoms with Crippen LogP contribution in [0.25, 0.3) is 0 Å². The van der Waals surface area contributed by atoms with Crippen LogP contribution >= 0.6 is 0 Å². The van der Waals surface area contributed by atoms with Gasteiger partial charge in [0.25, 0.3) is 0 Å². The zero-order valence-corrected chi connectivity index (χ0v) is 11.7. The molecule has 0 aliphatic carbocycles. The predicted molar refractivity (Wildman–Crippen MR) is 74.6 cm³/mol. The van der Waals surface area contributed by atoms with Gasteiger partial charge in [-0.15, -0.1) is 0 Å². The molecule has 1 rings (SSSR count).